The third-order valence-corrected chi connectivity index (χ3v) is 5.35. The van der Waals surface area contributed by atoms with Crippen molar-refractivity contribution in [1.82, 2.24) is 9.62 Å². The van der Waals surface area contributed by atoms with Crippen molar-refractivity contribution in [2.45, 2.75) is 24.5 Å². The van der Waals surface area contributed by atoms with E-state index in [0.717, 1.165) is 6.07 Å². The average molecular weight is 337 g/mol. The Morgan fingerprint density at radius 3 is 2.86 bits per heavy atom. The van der Waals surface area contributed by atoms with Crippen molar-refractivity contribution < 1.29 is 17.5 Å². The normalized spacial score (nSPS) is 20.7. The topological polar surface area (TPSA) is 58.6 Å². The molecule has 1 aromatic rings. The lowest BCUT2D eigenvalue weighted by Gasteiger charge is -2.30. The number of hydrogen-bond donors (Lipinski definition) is 1. The lowest BCUT2D eigenvalue weighted by molar-refractivity contribution is 0.0101. The molecule has 5 nitrogen and oxygen atoms in total. The lowest BCUT2D eigenvalue weighted by atomic mass is 10.2. The third-order valence-electron chi connectivity index (χ3n) is 3.27. The Kier molecular flexibility index (Phi) is 5.21. The maximum absolute atomic E-state index is 14.5. The molecule has 1 aliphatic rings. The van der Waals surface area contributed by atoms with E-state index < -0.39 is 15.8 Å². The van der Waals surface area contributed by atoms with E-state index in [4.69, 9.17) is 16.3 Å². The van der Waals surface area contributed by atoms with Gasteiger partial charge in [-0.3, -0.25) is 0 Å². The summed E-state index contributed by atoms with van der Waals surface area (Å²) in [4.78, 5) is -0.380. The fourth-order valence-corrected chi connectivity index (χ4v) is 4.21. The molecule has 118 valence electrons. The molecule has 0 saturated carbocycles. The van der Waals surface area contributed by atoms with E-state index in [1.54, 1.807) is 14.0 Å². The number of rotatable bonds is 4. The zero-order valence-electron chi connectivity index (χ0n) is 11.9. The maximum atomic E-state index is 14.5. The average Bonchev–Trinajstić information content (AvgIpc) is 2.42. The molecule has 1 heterocycles. The van der Waals surface area contributed by atoms with Gasteiger partial charge in [-0.15, -0.1) is 0 Å². The Morgan fingerprint density at radius 2 is 2.24 bits per heavy atom. The summed E-state index contributed by atoms with van der Waals surface area (Å²) in [7, 11) is -2.27. The molecular weight excluding hydrogens is 319 g/mol. The second kappa shape index (κ2) is 6.58. The number of halogens is 2. The highest BCUT2D eigenvalue weighted by Gasteiger charge is 2.32. The van der Waals surface area contributed by atoms with Crippen molar-refractivity contribution in [2.24, 2.45) is 0 Å². The van der Waals surface area contributed by atoms with Gasteiger partial charge in [0, 0.05) is 30.2 Å². The fraction of sp³-hybridized carbons (Fsp3) is 0.538. The Balaban J connectivity index is 2.44. The molecule has 21 heavy (non-hydrogen) atoms. The van der Waals surface area contributed by atoms with Gasteiger partial charge in [0.05, 0.1) is 12.7 Å². The van der Waals surface area contributed by atoms with Gasteiger partial charge in [0.25, 0.3) is 0 Å². The second-order valence-electron chi connectivity index (χ2n) is 4.95. The molecule has 1 N–H and O–H groups in total. The molecule has 8 heteroatoms. The summed E-state index contributed by atoms with van der Waals surface area (Å²) in [6.45, 7) is 2.69. The molecule has 1 unspecified atom stereocenters. The van der Waals surface area contributed by atoms with Gasteiger partial charge in [-0.1, -0.05) is 11.6 Å². The van der Waals surface area contributed by atoms with Crippen LogP contribution in [0.25, 0.3) is 0 Å². The predicted octanol–water partition coefficient (Wildman–Crippen LogP) is 1.61. The molecule has 1 aromatic carbocycles. The molecule has 0 aliphatic carbocycles. The molecule has 1 fully saturated rings. The first-order valence-corrected chi connectivity index (χ1v) is 8.42. The van der Waals surface area contributed by atoms with E-state index in [9.17, 15) is 12.8 Å². The quantitative estimate of drug-likeness (QED) is 0.907. The van der Waals surface area contributed by atoms with E-state index >= 15 is 0 Å². The zero-order valence-corrected chi connectivity index (χ0v) is 13.5. The van der Waals surface area contributed by atoms with Gasteiger partial charge in [-0.05, 0) is 26.1 Å². The van der Waals surface area contributed by atoms with Crippen LogP contribution in [0.4, 0.5) is 4.39 Å². The zero-order chi connectivity index (χ0) is 15.6. The van der Waals surface area contributed by atoms with Gasteiger partial charge in [-0.2, -0.15) is 4.31 Å². The summed E-state index contributed by atoms with van der Waals surface area (Å²) >= 11 is 5.93. The Hall–Kier alpha value is -0.730. The largest absolute Gasteiger partial charge is 0.376 e. The summed E-state index contributed by atoms with van der Waals surface area (Å²) in [5.74, 6) is -0.757. The molecule has 0 spiro atoms. The van der Waals surface area contributed by atoms with Gasteiger partial charge in [0.2, 0.25) is 10.0 Å². The molecule has 0 radical (unpaired) electrons. The van der Waals surface area contributed by atoms with Crippen LogP contribution < -0.4 is 5.32 Å². The molecular formula is C13H18ClFN2O3S. The van der Waals surface area contributed by atoms with Crippen LogP contribution >= 0.6 is 11.6 Å². The number of benzene rings is 1. The number of ether oxygens (including phenoxy) is 1. The van der Waals surface area contributed by atoms with E-state index in [1.807, 2.05) is 0 Å². The minimum absolute atomic E-state index is 0.196. The van der Waals surface area contributed by atoms with Crippen LogP contribution in [0.5, 0.6) is 0 Å². The van der Waals surface area contributed by atoms with E-state index in [2.05, 4.69) is 5.32 Å². The van der Waals surface area contributed by atoms with Crippen molar-refractivity contribution >= 4 is 21.6 Å². The van der Waals surface area contributed by atoms with Crippen LogP contribution in [0.3, 0.4) is 0 Å². The van der Waals surface area contributed by atoms with Gasteiger partial charge in [0.15, 0.2) is 0 Å². The second-order valence-corrected chi connectivity index (χ2v) is 7.29. The molecule has 0 bridgehead atoms. The van der Waals surface area contributed by atoms with Crippen LogP contribution in [0.2, 0.25) is 5.02 Å². The van der Waals surface area contributed by atoms with Crippen LogP contribution in [0, 0.1) is 5.82 Å². The predicted molar refractivity (Wildman–Crippen MR) is 78.3 cm³/mol. The standard InChI is InChI=1S/C13H18ClFN2O3S/c1-9-8-17(3-4-20-9)21(18,19)12-6-11(14)5-10(7-16-2)13(12)15/h5-6,9,16H,3-4,7-8H2,1-2H3. The van der Waals surface area contributed by atoms with E-state index in [1.165, 1.54) is 10.4 Å². The summed E-state index contributed by atoms with van der Waals surface area (Å²) in [5, 5.41) is 2.99. The van der Waals surface area contributed by atoms with Crippen LogP contribution in [0.1, 0.15) is 12.5 Å². The number of morpholine rings is 1. The fourth-order valence-electron chi connectivity index (χ4n) is 2.27. The minimum Gasteiger partial charge on any atom is -0.376 e. The Bertz CT molecular complexity index is 624. The lowest BCUT2D eigenvalue weighted by Crippen LogP contribution is -2.44. The highest BCUT2D eigenvalue weighted by atomic mass is 35.5. The smallest absolute Gasteiger partial charge is 0.246 e. The Morgan fingerprint density at radius 1 is 1.52 bits per heavy atom. The summed E-state index contributed by atoms with van der Waals surface area (Å²) in [5.41, 5.74) is 0.227. The third kappa shape index (κ3) is 3.54. The Labute approximate surface area is 129 Å². The first kappa shape index (κ1) is 16.6. The first-order valence-electron chi connectivity index (χ1n) is 6.60. The van der Waals surface area contributed by atoms with Crippen LogP contribution in [-0.4, -0.2) is 45.6 Å². The van der Waals surface area contributed by atoms with Crippen molar-refractivity contribution in [1.29, 1.82) is 0 Å². The number of nitrogens with zero attached hydrogens (tertiary/aromatic N) is 1. The van der Waals surface area contributed by atoms with Crippen molar-refractivity contribution in [3.05, 3.63) is 28.5 Å². The first-order chi connectivity index (χ1) is 9.86. The number of nitrogens with one attached hydrogen (secondary N) is 1. The number of hydrogen-bond acceptors (Lipinski definition) is 4. The summed E-state index contributed by atoms with van der Waals surface area (Å²) in [6, 6.07) is 2.58. The summed E-state index contributed by atoms with van der Waals surface area (Å²) in [6.07, 6.45) is -0.215. The van der Waals surface area contributed by atoms with Crippen molar-refractivity contribution in [2.75, 3.05) is 26.7 Å². The van der Waals surface area contributed by atoms with Gasteiger partial charge in [-0.25, -0.2) is 12.8 Å². The van der Waals surface area contributed by atoms with Gasteiger partial charge in [0.1, 0.15) is 10.7 Å². The highest BCUT2D eigenvalue weighted by molar-refractivity contribution is 7.89. The van der Waals surface area contributed by atoms with Crippen molar-refractivity contribution in [3.8, 4) is 0 Å². The van der Waals surface area contributed by atoms with Crippen LogP contribution in [0.15, 0.2) is 17.0 Å². The monoisotopic (exact) mass is 336 g/mol. The highest BCUT2D eigenvalue weighted by Crippen LogP contribution is 2.27. The molecule has 2 rings (SSSR count). The van der Waals surface area contributed by atoms with Gasteiger partial charge >= 0.3 is 0 Å². The maximum Gasteiger partial charge on any atom is 0.246 e. The molecule has 1 aliphatic heterocycles. The number of sulfonamides is 1. The SMILES string of the molecule is CNCc1cc(Cl)cc(S(=O)(=O)N2CCOC(C)C2)c1F. The minimum atomic E-state index is -3.92. The van der Waals surface area contributed by atoms with E-state index in [-0.39, 0.29) is 41.2 Å². The molecule has 0 amide bonds. The van der Waals surface area contributed by atoms with E-state index in [0.29, 0.717) is 6.61 Å². The van der Waals surface area contributed by atoms with Crippen LogP contribution in [-0.2, 0) is 21.3 Å². The molecule has 0 aromatic heterocycles. The van der Waals surface area contributed by atoms with Crippen molar-refractivity contribution in [3.63, 3.8) is 0 Å². The molecule has 1 atom stereocenters. The van der Waals surface area contributed by atoms with Gasteiger partial charge < -0.3 is 10.1 Å². The molecule has 1 saturated heterocycles. The summed E-state index contributed by atoms with van der Waals surface area (Å²) < 4.78 is 46.2.